The Bertz CT molecular complexity index is 565. The predicted molar refractivity (Wildman–Crippen MR) is 70.2 cm³/mol. The Labute approximate surface area is 108 Å². The zero-order valence-corrected chi connectivity index (χ0v) is 10.6. The summed E-state index contributed by atoms with van der Waals surface area (Å²) in [5.74, 6) is 0.549. The number of hydrogen-bond acceptors (Lipinski definition) is 4. The molecule has 0 aliphatic carbocycles. The van der Waals surface area contributed by atoms with Crippen molar-refractivity contribution in [1.82, 2.24) is 0 Å². The van der Waals surface area contributed by atoms with Crippen molar-refractivity contribution >= 4 is 34.4 Å². The van der Waals surface area contributed by atoms with Crippen LogP contribution in [0.5, 0.6) is 5.75 Å². The Hall–Kier alpha value is -1.52. The number of nitrogen functional groups attached to an aromatic ring is 1. The van der Waals surface area contributed by atoms with Crippen LogP contribution in [-0.4, -0.2) is 12.9 Å². The van der Waals surface area contributed by atoms with Gasteiger partial charge in [-0.05, 0) is 18.2 Å². The molecule has 2 N–H and O–H groups in total. The lowest BCUT2D eigenvalue weighted by atomic mass is 10.1. The molecule has 0 fully saturated rings. The van der Waals surface area contributed by atoms with Gasteiger partial charge in [0.25, 0.3) is 0 Å². The number of ketones is 1. The van der Waals surface area contributed by atoms with Gasteiger partial charge in [0.2, 0.25) is 5.78 Å². The fraction of sp³-hybridized carbons (Fsp3) is 0.0833. The summed E-state index contributed by atoms with van der Waals surface area (Å²) in [6, 6.07) is 6.55. The maximum atomic E-state index is 12.1. The van der Waals surface area contributed by atoms with E-state index in [9.17, 15) is 4.79 Å². The second-order valence-electron chi connectivity index (χ2n) is 3.42. The van der Waals surface area contributed by atoms with Gasteiger partial charge < -0.3 is 10.5 Å². The van der Waals surface area contributed by atoms with Crippen molar-refractivity contribution in [3.05, 3.63) is 45.1 Å². The molecule has 1 aromatic heterocycles. The predicted octanol–water partition coefficient (Wildman–Crippen LogP) is 3.22. The molecule has 0 atom stereocenters. The molecule has 2 aromatic rings. The highest BCUT2D eigenvalue weighted by Crippen LogP contribution is 2.27. The van der Waals surface area contributed by atoms with Crippen molar-refractivity contribution in [1.29, 1.82) is 0 Å². The summed E-state index contributed by atoms with van der Waals surface area (Å²) in [6.45, 7) is 0. The molecule has 88 valence electrons. The highest BCUT2D eigenvalue weighted by atomic mass is 35.5. The minimum Gasteiger partial charge on any atom is -0.496 e. The van der Waals surface area contributed by atoms with E-state index in [1.165, 1.54) is 11.3 Å². The molecule has 1 aromatic carbocycles. The van der Waals surface area contributed by atoms with Crippen molar-refractivity contribution in [3.8, 4) is 5.75 Å². The Kier molecular flexibility index (Phi) is 3.36. The largest absolute Gasteiger partial charge is 0.496 e. The van der Waals surface area contributed by atoms with Gasteiger partial charge in [0.15, 0.2) is 0 Å². The number of carbonyl (C=O) groups is 1. The lowest BCUT2D eigenvalue weighted by Gasteiger charge is -2.02. The molecule has 0 spiro atoms. The van der Waals surface area contributed by atoms with Crippen LogP contribution in [0.2, 0.25) is 5.02 Å². The van der Waals surface area contributed by atoms with Gasteiger partial charge in [-0.1, -0.05) is 11.6 Å². The first-order valence-corrected chi connectivity index (χ1v) is 6.10. The van der Waals surface area contributed by atoms with Crippen LogP contribution in [0.25, 0.3) is 0 Å². The van der Waals surface area contributed by atoms with Crippen molar-refractivity contribution in [2.45, 2.75) is 0 Å². The van der Waals surface area contributed by atoms with Crippen LogP contribution < -0.4 is 10.5 Å². The van der Waals surface area contributed by atoms with E-state index in [0.29, 0.717) is 26.9 Å². The first kappa shape index (κ1) is 12.0. The number of hydrogen-bond donors (Lipinski definition) is 1. The summed E-state index contributed by atoms with van der Waals surface area (Å²) in [7, 11) is 1.56. The van der Waals surface area contributed by atoms with Crippen LogP contribution in [0.4, 0.5) is 5.69 Å². The zero-order valence-electron chi connectivity index (χ0n) is 9.07. The van der Waals surface area contributed by atoms with Gasteiger partial charge in [-0.2, -0.15) is 0 Å². The fourth-order valence-corrected chi connectivity index (χ4v) is 2.48. The molecule has 3 nitrogen and oxygen atoms in total. The second kappa shape index (κ2) is 4.77. The molecule has 0 saturated carbocycles. The highest BCUT2D eigenvalue weighted by molar-refractivity contribution is 7.12. The summed E-state index contributed by atoms with van der Waals surface area (Å²) in [5.41, 5.74) is 6.57. The molecule has 2 rings (SSSR count). The molecule has 0 unspecified atom stereocenters. The summed E-state index contributed by atoms with van der Waals surface area (Å²) in [4.78, 5) is 12.7. The number of carbonyl (C=O) groups excluding carboxylic acids is 1. The lowest BCUT2D eigenvalue weighted by Crippen LogP contribution is -2.00. The molecule has 5 heteroatoms. The van der Waals surface area contributed by atoms with Crippen LogP contribution in [0.15, 0.2) is 29.6 Å². The van der Waals surface area contributed by atoms with Gasteiger partial charge in [-0.3, -0.25) is 4.79 Å². The first-order valence-electron chi connectivity index (χ1n) is 4.84. The Morgan fingerprint density at radius 2 is 2.18 bits per heavy atom. The number of ether oxygens (including phenoxy) is 1. The quantitative estimate of drug-likeness (QED) is 0.686. The van der Waals surface area contributed by atoms with Gasteiger partial charge in [0.05, 0.1) is 17.0 Å². The summed E-state index contributed by atoms with van der Waals surface area (Å²) < 4.78 is 5.04. The van der Waals surface area contributed by atoms with E-state index in [1.807, 2.05) is 0 Å². The smallest absolute Gasteiger partial charge is 0.204 e. The van der Waals surface area contributed by atoms with Crippen LogP contribution >= 0.6 is 22.9 Å². The van der Waals surface area contributed by atoms with Crippen LogP contribution in [-0.2, 0) is 0 Å². The van der Waals surface area contributed by atoms with Gasteiger partial charge in [0, 0.05) is 22.7 Å². The Morgan fingerprint density at radius 3 is 2.76 bits per heavy atom. The molecule has 0 bridgehead atoms. The standard InChI is InChI=1S/C12H10ClNO2S/c1-16-8-5-11(17-6-8)12(15)9-3-2-7(14)4-10(9)13/h2-6H,14H2,1H3. The molecule has 0 radical (unpaired) electrons. The second-order valence-corrected chi connectivity index (χ2v) is 4.74. The molecular weight excluding hydrogens is 258 g/mol. The first-order chi connectivity index (χ1) is 8.11. The zero-order chi connectivity index (χ0) is 12.4. The molecule has 0 aliphatic rings. The van der Waals surface area contributed by atoms with E-state index in [0.717, 1.165) is 0 Å². The van der Waals surface area contributed by atoms with Gasteiger partial charge in [-0.25, -0.2) is 0 Å². The van der Waals surface area contributed by atoms with Gasteiger partial charge in [-0.15, -0.1) is 11.3 Å². The maximum Gasteiger partial charge on any atom is 0.204 e. The highest BCUT2D eigenvalue weighted by Gasteiger charge is 2.15. The number of thiophene rings is 1. The van der Waals surface area contributed by atoms with Crippen molar-refractivity contribution in [3.63, 3.8) is 0 Å². The number of methoxy groups -OCH3 is 1. The van der Waals surface area contributed by atoms with Crippen LogP contribution in [0.3, 0.4) is 0 Å². The van der Waals surface area contributed by atoms with Gasteiger partial charge in [0.1, 0.15) is 5.75 Å². The van der Waals surface area contributed by atoms with E-state index < -0.39 is 0 Å². The summed E-state index contributed by atoms with van der Waals surface area (Å²) in [6.07, 6.45) is 0. The number of rotatable bonds is 3. The number of halogens is 1. The molecule has 1 heterocycles. The monoisotopic (exact) mass is 267 g/mol. The molecule has 17 heavy (non-hydrogen) atoms. The third kappa shape index (κ3) is 2.43. The SMILES string of the molecule is COc1csc(C(=O)c2ccc(N)cc2Cl)c1. The minimum absolute atomic E-state index is 0.122. The average Bonchev–Trinajstić information content (AvgIpc) is 2.76. The summed E-state index contributed by atoms with van der Waals surface area (Å²) in [5, 5.41) is 2.14. The molecular formula is C12H10ClNO2S. The number of anilines is 1. The number of nitrogens with two attached hydrogens (primary N) is 1. The van der Waals surface area contributed by atoms with Crippen LogP contribution in [0, 0.1) is 0 Å². The Balaban J connectivity index is 2.36. The van der Waals surface area contributed by atoms with Crippen molar-refractivity contribution in [2.75, 3.05) is 12.8 Å². The molecule has 0 saturated heterocycles. The van der Waals surface area contributed by atoms with E-state index in [1.54, 1.807) is 36.8 Å². The maximum absolute atomic E-state index is 12.1. The van der Waals surface area contributed by atoms with E-state index in [-0.39, 0.29) is 5.78 Å². The van der Waals surface area contributed by atoms with E-state index in [4.69, 9.17) is 22.1 Å². The number of benzene rings is 1. The average molecular weight is 268 g/mol. The van der Waals surface area contributed by atoms with Gasteiger partial charge >= 0.3 is 0 Å². The molecule has 0 amide bonds. The van der Waals surface area contributed by atoms with Crippen molar-refractivity contribution < 1.29 is 9.53 Å². The third-order valence-corrected chi connectivity index (χ3v) is 3.49. The molecule has 0 aliphatic heterocycles. The topological polar surface area (TPSA) is 52.3 Å². The summed E-state index contributed by atoms with van der Waals surface area (Å²) >= 11 is 7.31. The Morgan fingerprint density at radius 1 is 1.41 bits per heavy atom. The normalized spacial score (nSPS) is 10.2. The van der Waals surface area contributed by atoms with E-state index in [2.05, 4.69) is 0 Å². The third-order valence-electron chi connectivity index (χ3n) is 2.27. The van der Waals surface area contributed by atoms with Crippen LogP contribution in [0.1, 0.15) is 15.2 Å². The fourth-order valence-electron chi connectivity index (χ4n) is 1.39. The minimum atomic E-state index is -0.122. The van der Waals surface area contributed by atoms with E-state index >= 15 is 0 Å². The lowest BCUT2D eigenvalue weighted by molar-refractivity contribution is 0.104. The van der Waals surface area contributed by atoms with Crippen molar-refractivity contribution in [2.24, 2.45) is 0 Å².